The van der Waals surface area contributed by atoms with Crippen LogP contribution in [-0.4, -0.2) is 43.6 Å². The van der Waals surface area contributed by atoms with Gasteiger partial charge in [-0.15, -0.1) is 5.10 Å². The molecule has 0 saturated carbocycles. The predicted molar refractivity (Wildman–Crippen MR) is 120 cm³/mol. The van der Waals surface area contributed by atoms with E-state index in [0.29, 0.717) is 17.3 Å². The van der Waals surface area contributed by atoms with E-state index >= 15 is 0 Å². The lowest BCUT2D eigenvalue weighted by Gasteiger charge is -2.11. The molecule has 0 spiro atoms. The molecule has 158 valence electrons. The third-order valence-electron chi connectivity index (χ3n) is 5.26. The Morgan fingerprint density at radius 1 is 1.37 bits per heavy atom. The van der Waals surface area contributed by atoms with Crippen molar-refractivity contribution in [2.24, 2.45) is 0 Å². The van der Waals surface area contributed by atoms with Crippen LogP contribution in [0.2, 0.25) is 0 Å². The molecule has 3 heterocycles. The molecule has 4 rings (SSSR count). The number of nitrogens with zero attached hydrogens (tertiary/aromatic N) is 3. The summed E-state index contributed by atoms with van der Waals surface area (Å²) in [5, 5.41) is 7.10. The summed E-state index contributed by atoms with van der Waals surface area (Å²) in [6.07, 6.45) is 1.97. The van der Waals surface area contributed by atoms with E-state index in [0.717, 1.165) is 41.0 Å². The summed E-state index contributed by atoms with van der Waals surface area (Å²) in [4.78, 5) is 25.1. The minimum Gasteiger partial charge on any atom is -0.376 e. The molecular formula is C21H23BrN4O3S. The minimum atomic E-state index is -0.270. The summed E-state index contributed by atoms with van der Waals surface area (Å²) in [6, 6.07) is 9.90. The number of rotatable bonds is 7. The highest BCUT2D eigenvalue weighted by Crippen LogP contribution is 2.25. The average Bonchev–Trinajstić information content (AvgIpc) is 3.42. The van der Waals surface area contributed by atoms with Crippen LogP contribution < -0.4 is 5.69 Å². The molecular weight excluding hydrogens is 468 g/mol. The van der Waals surface area contributed by atoms with E-state index in [9.17, 15) is 9.59 Å². The molecule has 1 aromatic carbocycles. The molecule has 1 atom stereocenters. The SMILES string of the molecule is Cc1cc(C(=O)CSc2n[nH]c(=O)n2CC2CCCO2)c(C)n1-c1cccc(Br)c1. The van der Waals surface area contributed by atoms with Gasteiger partial charge in [-0.3, -0.25) is 9.36 Å². The fraction of sp³-hybridized carbons (Fsp3) is 0.381. The van der Waals surface area contributed by atoms with Gasteiger partial charge in [-0.1, -0.05) is 33.8 Å². The van der Waals surface area contributed by atoms with E-state index in [-0.39, 0.29) is 23.3 Å². The highest BCUT2D eigenvalue weighted by molar-refractivity contribution is 9.10. The molecule has 0 radical (unpaired) electrons. The number of hydrogen-bond acceptors (Lipinski definition) is 5. The normalized spacial score (nSPS) is 16.3. The van der Waals surface area contributed by atoms with Crippen LogP contribution in [0.5, 0.6) is 0 Å². The molecule has 7 nitrogen and oxygen atoms in total. The van der Waals surface area contributed by atoms with Gasteiger partial charge in [0.25, 0.3) is 0 Å². The van der Waals surface area contributed by atoms with E-state index in [1.54, 1.807) is 4.57 Å². The molecule has 1 aliphatic heterocycles. The Bertz CT molecular complexity index is 1130. The first kappa shape index (κ1) is 21.1. The van der Waals surface area contributed by atoms with Crippen LogP contribution in [0.3, 0.4) is 0 Å². The Morgan fingerprint density at radius 3 is 2.93 bits per heavy atom. The molecule has 1 unspecified atom stereocenters. The molecule has 1 fully saturated rings. The first-order chi connectivity index (χ1) is 14.4. The van der Waals surface area contributed by atoms with Crippen LogP contribution in [-0.2, 0) is 11.3 Å². The Labute approximate surface area is 186 Å². The Balaban J connectivity index is 1.50. The number of thioether (sulfide) groups is 1. The maximum absolute atomic E-state index is 13.0. The third kappa shape index (κ3) is 4.33. The van der Waals surface area contributed by atoms with Crippen molar-refractivity contribution in [2.45, 2.75) is 44.5 Å². The van der Waals surface area contributed by atoms with Crippen molar-refractivity contribution in [1.82, 2.24) is 19.3 Å². The topological polar surface area (TPSA) is 81.9 Å². The van der Waals surface area contributed by atoms with E-state index < -0.39 is 0 Å². The van der Waals surface area contributed by atoms with Crippen molar-refractivity contribution in [1.29, 1.82) is 0 Å². The van der Waals surface area contributed by atoms with Crippen LogP contribution in [0, 0.1) is 13.8 Å². The van der Waals surface area contributed by atoms with Gasteiger partial charge in [-0.25, -0.2) is 9.89 Å². The first-order valence-corrected chi connectivity index (χ1v) is 11.6. The van der Waals surface area contributed by atoms with E-state index in [1.807, 2.05) is 44.2 Å². The number of H-pyrrole nitrogens is 1. The number of ether oxygens (including phenoxy) is 1. The van der Waals surface area contributed by atoms with Crippen molar-refractivity contribution in [3.63, 3.8) is 0 Å². The summed E-state index contributed by atoms with van der Waals surface area (Å²) in [6.45, 7) is 5.13. The fourth-order valence-corrected chi connectivity index (χ4v) is 5.06. The van der Waals surface area contributed by atoms with Crippen LogP contribution in [0.4, 0.5) is 0 Å². The third-order valence-corrected chi connectivity index (χ3v) is 6.73. The van der Waals surface area contributed by atoms with Crippen molar-refractivity contribution in [3.8, 4) is 5.69 Å². The minimum absolute atomic E-state index is 0.00784. The summed E-state index contributed by atoms with van der Waals surface area (Å²) in [5.74, 6) is 0.215. The van der Waals surface area contributed by atoms with Gasteiger partial charge in [0.1, 0.15) is 0 Å². The van der Waals surface area contributed by atoms with Crippen molar-refractivity contribution < 1.29 is 9.53 Å². The van der Waals surface area contributed by atoms with Crippen molar-refractivity contribution >= 4 is 33.5 Å². The van der Waals surface area contributed by atoms with Gasteiger partial charge >= 0.3 is 5.69 Å². The zero-order chi connectivity index (χ0) is 21.3. The molecule has 0 bridgehead atoms. The number of halogens is 1. The average molecular weight is 491 g/mol. The second-order valence-electron chi connectivity index (χ2n) is 7.37. The fourth-order valence-electron chi connectivity index (χ4n) is 3.83. The second-order valence-corrected chi connectivity index (χ2v) is 9.23. The van der Waals surface area contributed by atoms with Gasteiger partial charge in [0.05, 0.1) is 18.4 Å². The van der Waals surface area contributed by atoms with Gasteiger partial charge in [0.2, 0.25) is 0 Å². The Morgan fingerprint density at radius 2 is 2.20 bits per heavy atom. The molecule has 30 heavy (non-hydrogen) atoms. The van der Waals surface area contributed by atoms with E-state index in [2.05, 4.69) is 30.7 Å². The number of aryl methyl sites for hydroxylation is 1. The quantitative estimate of drug-likeness (QED) is 0.401. The molecule has 9 heteroatoms. The van der Waals surface area contributed by atoms with Gasteiger partial charge in [0, 0.05) is 33.7 Å². The van der Waals surface area contributed by atoms with Crippen LogP contribution >= 0.6 is 27.7 Å². The number of ketones is 1. The zero-order valence-electron chi connectivity index (χ0n) is 16.9. The molecule has 1 aliphatic rings. The summed E-state index contributed by atoms with van der Waals surface area (Å²) < 4.78 is 10.3. The van der Waals surface area contributed by atoms with Crippen molar-refractivity contribution in [2.75, 3.05) is 12.4 Å². The standard InChI is InChI=1S/C21H23BrN4O3S/c1-13-9-18(14(2)26(13)16-6-3-5-15(22)10-16)19(27)12-30-21-24-23-20(28)25(21)11-17-7-4-8-29-17/h3,5-6,9-10,17H,4,7-8,11-12H2,1-2H3,(H,23,28). The number of nitrogens with one attached hydrogen (secondary N) is 1. The van der Waals surface area contributed by atoms with Gasteiger partial charge < -0.3 is 9.30 Å². The van der Waals surface area contributed by atoms with Gasteiger partial charge in [-0.05, 0) is 51.0 Å². The monoisotopic (exact) mass is 490 g/mol. The van der Waals surface area contributed by atoms with Crippen LogP contribution in [0.25, 0.3) is 5.69 Å². The summed E-state index contributed by atoms with van der Waals surface area (Å²) >= 11 is 4.78. The molecule has 0 aliphatic carbocycles. The summed E-state index contributed by atoms with van der Waals surface area (Å²) in [7, 11) is 0. The molecule has 3 aromatic rings. The van der Waals surface area contributed by atoms with Gasteiger partial charge in [0.15, 0.2) is 10.9 Å². The molecule has 0 amide bonds. The lowest BCUT2D eigenvalue weighted by atomic mass is 10.2. The number of Topliss-reactive ketones (excluding diaryl/α,β-unsaturated/α-hetero) is 1. The van der Waals surface area contributed by atoms with E-state index in [1.165, 1.54) is 11.8 Å². The number of carbonyl (C=O) groups is 1. The second kappa shape index (κ2) is 8.95. The Hall–Kier alpha value is -2.10. The molecule has 1 N–H and O–H groups in total. The summed E-state index contributed by atoms with van der Waals surface area (Å²) in [5.41, 5.74) is 3.31. The number of aromatic amines is 1. The molecule has 1 saturated heterocycles. The lowest BCUT2D eigenvalue weighted by molar-refractivity contribution is 0.0941. The van der Waals surface area contributed by atoms with Crippen LogP contribution in [0.15, 0.2) is 44.8 Å². The number of carbonyl (C=O) groups excluding carboxylic acids is 1. The van der Waals surface area contributed by atoms with Crippen LogP contribution in [0.1, 0.15) is 34.6 Å². The van der Waals surface area contributed by atoms with Crippen molar-refractivity contribution in [3.05, 3.63) is 62.2 Å². The lowest BCUT2D eigenvalue weighted by Crippen LogP contribution is -2.25. The number of benzene rings is 1. The zero-order valence-corrected chi connectivity index (χ0v) is 19.3. The molecule has 2 aromatic heterocycles. The van der Waals surface area contributed by atoms with E-state index in [4.69, 9.17) is 4.74 Å². The maximum Gasteiger partial charge on any atom is 0.344 e. The predicted octanol–water partition coefficient (Wildman–Crippen LogP) is 3.90. The van der Waals surface area contributed by atoms with Gasteiger partial charge in [-0.2, -0.15) is 0 Å². The smallest absolute Gasteiger partial charge is 0.344 e. The number of aromatic nitrogens is 4. The largest absolute Gasteiger partial charge is 0.376 e. The first-order valence-electron chi connectivity index (χ1n) is 9.81. The highest BCUT2D eigenvalue weighted by atomic mass is 79.9. The Kier molecular flexibility index (Phi) is 6.31. The maximum atomic E-state index is 13.0. The number of hydrogen-bond donors (Lipinski definition) is 1. The highest BCUT2D eigenvalue weighted by Gasteiger charge is 2.21.